The Morgan fingerprint density at radius 3 is 2.35 bits per heavy atom. The Morgan fingerprint density at radius 1 is 1.12 bits per heavy atom. The zero-order valence-corrected chi connectivity index (χ0v) is 10.8. The second-order valence-electron chi connectivity index (χ2n) is 4.06. The van der Waals surface area contributed by atoms with Crippen molar-refractivity contribution in [1.29, 1.82) is 0 Å². The summed E-state index contributed by atoms with van der Waals surface area (Å²) in [7, 11) is 1.50. The average Bonchev–Trinajstić information content (AvgIpc) is 2.52. The van der Waals surface area contributed by atoms with Gasteiger partial charge in [-0.3, -0.25) is 14.5 Å². The number of nitrogens with zero attached hydrogens (tertiary/aromatic N) is 1. The summed E-state index contributed by atoms with van der Waals surface area (Å²) in [5, 5.41) is 0. The Hall–Kier alpha value is -1.55. The van der Waals surface area contributed by atoms with Crippen LogP contribution in [-0.4, -0.2) is 23.8 Å². The van der Waals surface area contributed by atoms with Gasteiger partial charge in [0.2, 0.25) is 0 Å². The Kier molecular flexibility index (Phi) is 3.07. The first-order valence-corrected chi connectivity index (χ1v) is 6.09. The first kappa shape index (κ1) is 11.9. The maximum atomic E-state index is 11.7. The number of thioether (sulfide) groups is 1. The van der Waals surface area contributed by atoms with E-state index >= 15 is 0 Å². The van der Waals surface area contributed by atoms with Gasteiger partial charge in [-0.1, -0.05) is 17.8 Å². The van der Waals surface area contributed by atoms with Crippen LogP contribution in [0.15, 0.2) is 34.1 Å². The highest BCUT2D eigenvalue weighted by atomic mass is 32.2. The lowest BCUT2D eigenvalue weighted by atomic mass is 10.1. The first-order chi connectivity index (χ1) is 7.99. The number of aryl methyl sites for hydroxylation is 2. The molecule has 17 heavy (non-hydrogen) atoms. The summed E-state index contributed by atoms with van der Waals surface area (Å²) in [6, 6.07) is 6.00. The molecule has 0 spiro atoms. The quantitative estimate of drug-likeness (QED) is 0.752. The van der Waals surface area contributed by atoms with Crippen LogP contribution in [0.3, 0.4) is 0 Å². The summed E-state index contributed by atoms with van der Waals surface area (Å²) in [4.78, 5) is 25.6. The summed E-state index contributed by atoms with van der Waals surface area (Å²) in [6.07, 6.45) is 1.39. The smallest absolute Gasteiger partial charge is 0.267 e. The van der Waals surface area contributed by atoms with E-state index in [1.54, 1.807) is 0 Å². The third kappa shape index (κ3) is 2.26. The van der Waals surface area contributed by atoms with Gasteiger partial charge in [0.05, 0.1) is 4.91 Å². The third-order valence-electron chi connectivity index (χ3n) is 2.81. The summed E-state index contributed by atoms with van der Waals surface area (Å²) in [6.45, 7) is 4.07. The molecule has 0 unspecified atom stereocenters. The Bertz CT molecular complexity index is 534. The standard InChI is InChI=1S/C13H13NO2S/c1-8-4-5-10(6-9(8)2)17-11-7-12(15)14(3)13(11)16/h4-7H,1-3H3. The molecule has 4 heteroatoms. The fourth-order valence-electron chi connectivity index (χ4n) is 1.51. The van der Waals surface area contributed by atoms with Gasteiger partial charge in [0.15, 0.2) is 0 Å². The third-order valence-corrected chi connectivity index (χ3v) is 3.81. The van der Waals surface area contributed by atoms with Crippen LogP contribution in [-0.2, 0) is 9.59 Å². The molecule has 1 aliphatic heterocycles. The van der Waals surface area contributed by atoms with E-state index in [9.17, 15) is 9.59 Å². The lowest BCUT2D eigenvalue weighted by Crippen LogP contribution is -2.25. The van der Waals surface area contributed by atoms with Crippen molar-refractivity contribution in [3.8, 4) is 0 Å². The monoisotopic (exact) mass is 247 g/mol. The van der Waals surface area contributed by atoms with Gasteiger partial charge < -0.3 is 0 Å². The van der Waals surface area contributed by atoms with Gasteiger partial charge in [-0.05, 0) is 37.1 Å². The van der Waals surface area contributed by atoms with E-state index in [1.807, 2.05) is 32.0 Å². The maximum absolute atomic E-state index is 11.7. The van der Waals surface area contributed by atoms with Crippen LogP contribution >= 0.6 is 11.8 Å². The molecule has 1 heterocycles. The fraction of sp³-hybridized carbons (Fsp3) is 0.231. The summed E-state index contributed by atoms with van der Waals surface area (Å²) in [5.41, 5.74) is 2.40. The minimum Gasteiger partial charge on any atom is -0.278 e. The average molecular weight is 247 g/mol. The molecule has 0 N–H and O–H groups in total. The number of benzene rings is 1. The van der Waals surface area contributed by atoms with E-state index in [4.69, 9.17) is 0 Å². The Labute approximate surface area is 104 Å². The predicted octanol–water partition coefficient (Wildman–Crippen LogP) is 2.28. The molecule has 1 aromatic carbocycles. The highest BCUT2D eigenvalue weighted by Gasteiger charge is 2.28. The number of carbonyl (C=O) groups is 2. The molecule has 1 aliphatic rings. The van der Waals surface area contributed by atoms with Crippen molar-refractivity contribution in [3.63, 3.8) is 0 Å². The van der Waals surface area contributed by atoms with E-state index < -0.39 is 0 Å². The van der Waals surface area contributed by atoms with Crippen LogP contribution in [0, 0.1) is 13.8 Å². The van der Waals surface area contributed by atoms with Gasteiger partial charge in [-0.2, -0.15) is 0 Å². The summed E-state index contributed by atoms with van der Waals surface area (Å²) >= 11 is 1.34. The molecule has 0 saturated carbocycles. The molecule has 2 amide bonds. The number of hydrogen-bond acceptors (Lipinski definition) is 3. The van der Waals surface area contributed by atoms with Crippen LogP contribution in [0.4, 0.5) is 0 Å². The number of likely N-dealkylation sites (N-methyl/N-ethyl adjacent to an activating group) is 1. The molecule has 2 rings (SSSR count). The van der Waals surface area contributed by atoms with Crippen LogP contribution < -0.4 is 0 Å². The fourth-order valence-corrected chi connectivity index (χ4v) is 2.52. The minimum atomic E-state index is -0.249. The number of hydrogen-bond donors (Lipinski definition) is 0. The number of rotatable bonds is 2. The Morgan fingerprint density at radius 2 is 1.82 bits per heavy atom. The van der Waals surface area contributed by atoms with E-state index in [0.29, 0.717) is 4.91 Å². The lowest BCUT2D eigenvalue weighted by Gasteiger charge is -2.07. The molecule has 0 atom stereocenters. The molecule has 0 aliphatic carbocycles. The van der Waals surface area contributed by atoms with Crippen molar-refractivity contribution < 1.29 is 9.59 Å². The van der Waals surface area contributed by atoms with E-state index in [0.717, 1.165) is 9.80 Å². The number of imide groups is 1. The number of amides is 2. The van der Waals surface area contributed by atoms with Crippen molar-refractivity contribution >= 4 is 23.6 Å². The molecule has 0 fully saturated rings. The highest BCUT2D eigenvalue weighted by molar-refractivity contribution is 8.04. The topological polar surface area (TPSA) is 37.4 Å². The normalized spacial score (nSPS) is 15.5. The molecule has 88 valence electrons. The largest absolute Gasteiger partial charge is 0.278 e. The van der Waals surface area contributed by atoms with Crippen molar-refractivity contribution in [1.82, 2.24) is 4.90 Å². The van der Waals surface area contributed by atoms with Gasteiger partial charge in [-0.25, -0.2) is 0 Å². The summed E-state index contributed by atoms with van der Waals surface area (Å²) in [5.74, 6) is -0.473. The van der Waals surface area contributed by atoms with E-state index in [2.05, 4.69) is 0 Å². The highest BCUT2D eigenvalue weighted by Crippen LogP contribution is 2.31. The van der Waals surface area contributed by atoms with Crippen molar-refractivity contribution in [2.75, 3.05) is 7.05 Å². The van der Waals surface area contributed by atoms with Crippen LogP contribution in [0.25, 0.3) is 0 Å². The van der Waals surface area contributed by atoms with Gasteiger partial charge in [0.1, 0.15) is 0 Å². The zero-order valence-electron chi connectivity index (χ0n) is 9.98. The van der Waals surface area contributed by atoms with Crippen molar-refractivity contribution in [2.24, 2.45) is 0 Å². The minimum absolute atomic E-state index is 0.224. The van der Waals surface area contributed by atoms with Crippen LogP contribution in [0.1, 0.15) is 11.1 Å². The van der Waals surface area contributed by atoms with Gasteiger partial charge in [0, 0.05) is 18.0 Å². The summed E-state index contributed by atoms with van der Waals surface area (Å²) < 4.78 is 0. The second kappa shape index (κ2) is 4.37. The van der Waals surface area contributed by atoms with Crippen LogP contribution in [0.5, 0.6) is 0 Å². The second-order valence-corrected chi connectivity index (χ2v) is 5.17. The van der Waals surface area contributed by atoms with Gasteiger partial charge >= 0.3 is 0 Å². The van der Waals surface area contributed by atoms with Crippen molar-refractivity contribution in [3.05, 3.63) is 40.3 Å². The maximum Gasteiger partial charge on any atom is 0.267 e. The molecular formula is C13H13NO2S. The van der Waals surface area contributed by atoms with Crippen molar-refractivity contribution in [2.45, 2.75) is 18.7 Å². The predicted molar refractivity (Wildman–Crippen MR) is 67.6 cm³/mol. The molecule has 0 saturated heterocycles. The SMILES string of the molecule is Cc1ccc(SC2=CC(=O)N(C)C2=O)cc1C. The zero-order chi connectivity index (χ0) is 12.6. The van der Waals surface area contributed by atoms with Gasteiger partial charge in [-0.15, -0.1) is 0 Å². The van der Waals surface area contributed by atoms with Crippen LogP contribution in [0.2, 0.25) is 0 Å². The molecule has 0 bridgehead atoms. The van der Waals surface area contributed by atoms with Gasteiger partial charge in [0.25, 0.3) is 11.8 Å². The lowest BCUT2D eigenvalue weighted by molar-refractivity contribution is -0.135. The van der Waals surface area contributed by atoms with E-state index in [1.165, 1.54) is 36.0 Å². The Balaban J connectivity index is 2.22. The molecule has 0 radical (unpaired) electrons. The number of carbonyl (C=O) groups excluding carboxylic acids is 2. The first-order valence-electron chi connectivity index (χ1n) is 5.28. The molecule has 1 aromatic rings. The molecule has 0 aromatic heterocycles. The van der Waals surface area contributed by atoms with E-state index in [-0.39, 0.29) is 11.8 Å². The molecular weight excluding hydrogens is 234 g/mol. The molecule has 3 nitrogen and oxygen atoms in total.